The average molecular weight is 691 g/mol. The van der Waals surface area contributed by atoms with Crippen LogP contribution in [0.2, 0.25) is 0 Å². The van der Waals surface area contributed by atoms with E-state index in [2.05, 4.69) is 22.1 Å². The first-order valence-corrected chi connectivity index (χ1v) is 19.5. The number of sulfonamides is 1. The molecule has 0 spiro atoms. The minimum absolute atomic E-state index is 0.0368. The van der Waals surface area contributed by atoms with E-state index in [-0.39, 0.29) is 18.8 Å². The number of amides is 2. The van der Waals surface area contributed by atoms with Gasteiger partial charge in [-0.2, -0.15) is 0 Å². The monoisotopic (exact) mass is 690 g/mol. The molecule has 1 aromatic rings. The van der Waals surface area contributed by atoms with Crippen molar-refractivity contribution in [3.63, 3.8) is 0 Å². The van der Waals surface area contributed by atoms with E-state index in [0.717, 1.165) is 57.2 Å². The van der Waals surface area contributed by atoms with E-state index in [1.165, 1.54) is 10.7 Å². The van der Waals surface area contributed by atoms with Crippen molar-refractivity contribution in [1.29, 1.82) is 0 Å². The first-order chi connectivity index (χ1) is 23.1. The van der Waals surface area contributed by atoms with Gasteiger partial charge in [0, 0.05) is 33.2 Å². The Bertz CT molecular complexity index is 1250. The summed E-state index contributed by atoms with van der Waals surface area (Å²) in [4.78, 5) is 30.0. The van der Waals surface area contributed by atoms with E-state index in [0.29, 0.717) is 45.1 Å². The topological polar surface area (TPSA) is 149 Å². The van der Waals surface area contributed by atoms with E-state index < -0.39 is 57.8 Å². The van der Waals surface area contributed by atoms with Crippen molar-refractivity contribution >= 4 is 21.8 Å². The average Bonchev–Trinajstić information content (AvgIpc) is 3.95. The van der Waals surface area contributed by atoms with Crippen LogP contribution in [-0.4, -0.2) is 116 Å². The summed E-state index contributed by atoms with van der Waals surface area (Å²) >= 11 is 0. The number of hydrogen-bond donors (Lipinski definition) is 4. The van der Waals surface area contributed by atoms with Gasteiger partial charge in [-0.1, -0.05) is 68.5 Å². The zero-order chi connectivity index (χ0) is 34.5. The van der Waals surface area contributed by atoms with Crippen LogP contribution >= 0.6 is 0 Å². The quantitative estimate of drug-likeness (QED) is 0.153. The number of allylic oxidation sites excluding steroid dienone is 1. The van der Waals surface area contributed by atoms with Crippen LogP contribution in [0.4, 0.5) is 0 Å². The van der Waals surface area contributed by atoms with Gasteiger partial charge in [-0.25, -0.2) is 12.7 Å². The fraction of sp³-hybridized carbons (Fsp3) is 0.722. The third kappa shape index (κ3) is 12.2. The first-order valence-electron chi connectivity index (χ1n) is 17.9. The van der Waals surface area contributed by atoms with E-state index in [4.69, 9.17) is 4.74 Å². The summed E-state index contributed by atoms with van der Waals surface area (Å²) in [6.45, 7) is 7.40. The Kier molecular flexibility index (Phi) is 15.3. The smallest absolute Gasteiger partial charge is 0.242 e. The number of nitrogens with zero attached hydrogens (tertiary/aromatic N) is 2. The first kappa shape index (κ1) is 38.5. The zero-order valence-corrected chi connectivity index (χ0v) is 29.5. The molecule has 48 heavy (non-hydrogen) atoms. The van der Waals surface area contributed by atoms with Gasteiger partial charge < -0.3 is 25.6 Å². The van der Waals surface area contributed by atoms with Crippen molar-refractivity contribution in [2.45, 2.75) is 94.9 Å². The fourth-order valence-corrected chi connectivity index (χ4v) is 8.29. The molecule has 4 N–H and O–H groups in total. The van der Waals surface area contributed by atoms with Gasteiger partial charge >= 0.3 is 0 Å². The number of aliphatic hydroxyl groups is 2. The van der Waals surface area contributed by atoms with Gasteiger partial charge in [-0.15, -0.1) is 6.58 Å². The molecule has 2 aliphatic carbocycles. The highest BCUT2D eigenvalue weighted by atomic mass is 32.2. The van der Waals surface area contributed by atoms with Crippen LogP contribution < -0.4 is 10.6 Å². The molecule has 0 radical (unpaired) electrons. The number of hydrogen-bond acceptors (Lipinski definition) is 8. The van der Waals surface area contributed by atoms with Crippen molar-refractivity contribution in [2.75, 3.05) is 52.2 Å². The van der Waals surface area contributed by atoms with E-state index in [1.54, 1.807) is 13.1 Å². The molecular weight excluding hydrogens is 632 g/mol. The van der Waals surface area contributed by atoms with Gasteiger partial charge in [-0.05, 0) is 55.9 Å². The normalized spacial score (nSPS) is 21.2. The number of benzene rings is 1. The van der Waals surface area contributed by atoms with Gasteiger partial charge in [0.2, 0.25) is 21.8 Å². The summed E-state index contributed by atoms with van der Waals surface area (Å²) in [5.41, 5.74) is 0.820. The van der Waals surface area contributed by atoms with Gasteiger partial charge in [-0.3, -0.25) is 14.5 Å². The predicted octanol–water partition coefficient (Wildman–Crippen LogP) is 2.48. The van der Waals surface area contributed by atoms with Crippen molar-refractivity contribution in [3.05, 3.63) is 48.6 Å². The Morgan fingerprint density at radius 2 is 1.73 bits per heavy atom. The van der Waals surface area contributed by atoms with Crippen LogP contribution in [0.1, 0.15) is 69.8 Å². The van der Waals surface area contributed by atoms with Gasteiger partial charge in [0.05, 0.1) is 37.0 Å². The van der Waals surface area contributed by atoms with Crippen LogP contribution in [0.15, 0.2) is 43.0 Å². The van der Waals surface area contributed by atoms with Gasteiger partial charge in [0.25, 0.3) is 0 Å². The predicted molar refractivity (Wildman–Crippen MR) is 187 cm³/mol. The maximum Gasteiger partial charge on any atom is 0.242 e. The molecule has 1 saturated heterocycles. The number of likely N-dealkylation sites (N-methyl/N-ethyl adjacent to an activating group) is 1. The highest BCUT2D eigenvalue weighted by Crippen LogP contribution is 2.36. The second-order valence-corrected chi connectivity index (χ2v) is 16.2. The lowest BCUT2D eigenvalue weighted by molar-refractivity contribution is -0.132. The number of nitrogens with one attached hydrogen (secondary N) is 2. The van der Waals surface area contributed by atoms with Gasteiger partial charge in [0.1, 0.15) is 12.1 Å². The van der Waals surface area contributed by atoms with E-state index in [9.17, 15) is 28.2 Å². The van der Waals surface area contributed by atoms with E-state index >= 15 is 0 Å². The largest absolute Gasteiger partial charge is 0.390 e. The van der Waals surface area contributed by atoms with Crippen LogP contribution in [0.3, 0.4) is 0 Å². The second-order valence-electron chi connectivity index (χ2n) is 14.0. The maximum absolute atomic E-state index is 14.0. The summed E-state index contributed by atoms with van der Waals surface area (Å²) in [5, 5.41) is 27.9. The Morgan fingerprint density at radius 1 is 1.04 bits per heavy atom. The molecule has 12 heteroatoms. The Labute approximate surface area is 287 Å². The lowest BCUT2D eigenvalue weighted by atomic mass is 9.82. The summed E-state index contributed by atoms with van der Waals surface area (Å²) in [7, 11) is -2.28. The number of ether oxygens (including phenoxy) is 1. The lowest BCUT2D eigenvalue weighted by Crippen LogP contribution is -2.56. The van der Waals surface area contributed by atoms with Crippen LogP contribution in [0, 0.1) is 17.8 Å². The van der Waals surface area contributed by atoms with Gasteiger partial charge in [0.15, 0.2) is 0 Å². The summed E-state index contributed by atoms with van der Waals surface area (Å²) in [6.07, 6.45) is 8.27. The summed E-state index contributed by atoms with van der Waals surface area (Å²) in [6, 6.07) is 7.67. The van der Waals surface area contributed by atoms with E-state index in [1.807, 2.05) is 30.3 Å². The minimum Gasteiger partial charge on any atom is -0.390 e. The third-order valence-electron chi connectivity index (χ3n) is 10.2. The van der Waals surface area contributed by atoms with Crippen LogP contribution in [0.25, 0.3) is 0 Å². The molecule has 0 bridgehead atoms. The van der Waals surface area contributed by atoms with Crippen molar-refractivity contribution in [1.82, 2.24) is 19.8 Å². The zero-order valence-electron chi connectivity index (χ0n) is 28.7. The molecule has 2 amide bonds. The molecule has 0 aromatic heterocycles. The number of aliphatic hydroxyl groups excluding tert-OH is 2. The Hall–Kier alpha value is -2.35. The molecule has 1 aromatic carbocycles. The number of morpholine rings is 1. The fourth-order valence-electron chi connectivity index (χ4n) is 6.90. The van der Waals surface area contributed by atoms with Crippen LogP contribution in [0.5, 0.6) is 0 Å². The molecule has 1 heterocycles. The standard InChI is InChI=1S/C36H58N4O7S/c1-3-4-15-31(36(44)38-32(25-28-13-9-6-10-14-28)34(42)33(41)29-16-17-29)37-35(43)30(24-27-11-7-5-8-12-27)26-48(45,46)39(2)18-19-40-20-22-47-23-21-40/h3,5,7-8,11-12,28-34,41-42H,1,4,6,9-10,13-26H2,2H3,(H,37,43)(H,38,44)/t30-,31+,32+,33+,34?/m1/s1. The summed E-state index contributed by atoms with van der Waals surface area (Å²) in [5.74, 6) is -1.93. The SMILES string of the molecule is C=CCC[C@H](NC(=O)[C@H](Cc1ccccc1)CS(=O)(=O)N(C)CCN1CCOCC1)C(=O)N[C@@H](CC1CCCCC1)C(O)[C@@H](O)C1CC1. The molecule has 3 aliphatic rings. The molecule has 11 nitrogen and oxygen atoms in total. The number of carbonyl (C=O) groups is 2. The maximum atomic E-state index is 14.0. The van der Waals surface area contributed by atoms with Crippen molar-refractivity contribution in [2.24, 2.45) is 17.8 Å². The highest BCUT2D eigenvalue weighted by Gasteiger charge is 2.40. The van der Waals surface area contributed by atoms with Crippen LogP contribution in [-0.2, 0) is 30.8 Å². The second kappa shape index (κ2) is 19.2. The molecule has 2 saturated carbocycles. The third-order valence-corrected chi connectivity index (χ3v) is 12.2. The van der Waals surface area contributed by atoms with Crippen molar-refractivity contribution in [3.8, 4) is 0 Å². The molecule has 1 aliphatic heterocycles. The molecule has 270 valence electrons. The molecule has 3 fully saturated rings. The minimum atomic E-state index is -3.82. The number of rotatable bonds is 20. The van der Waals surface area contributed by atoms with Crippen molar-refractivity contribution < 1.29 is 33.0 Å². The highest BCUT2D eigenvalue weighted by molar-refractivity contribution is 7.89. The molecule has 4 rings (SSSR count). The Morgan fingerprint density at radius 3 is 2.38 bits per heavy atom. The number of carbonyl (C=O) groups excluding carboxylic acids is 2. The molecule has 5 atom stereocenters. The molecule has 1 unspecified atom stereocenters. The molecular formula is C36H58N4O7S. The Balaban J connectivity index is 1.47. The lowest BCUT2D eigenvalue weighted by Gasteiger charge is -2.33. The summed E-state index contributed by atoms with van der Waals surface area (Å²) < 4.78 is 33.9.